The second-order valence-electron chi connectivity index (χ2n) is 5.61. The van der Waals surface area contributed by atoms with Crippen molar-refractivity contribution in [2.75, 3.05) is 37.8 Å². The molecule has 112 valence electrons. The number of aromatic nitrogens is 2. The van der Waals surface area contributed by atoms with Crippen molar-refractivity contribution >= 4 is 18.9 Å². The quantitative estimate of drug-likeness (QED) is 0.595. The van der Waals surface area contributed by atoms with Crippen molar-refractivity contribution in [1.82, 2.24) is 9.55 Å². The number of hydrogen-bond acceptors (Lipinski definition) is 6. The maximum atomic E-state index is 12.3. The van der Waals surface area contributed by atoms with Crippen molar-refractivity contribution in [1.29, 1.82) is 0 Å². The zero-order chi connectivity index (χ0) is 14.9. The molecule has 1 heterocycles. The Bertz CT molecular complexity index is 603. The zero-order valence-electron chi connectivity index (χ0n) is 11.8. The van der Waals surface area contributed by atoms with E-state index in [1.54, 1.807) is 13.3 Å². The van der Waals surface area contributed by atoms with Crippen LogP contribution in [0.1, 0.15) is 24.3 Å². The van der Waals surface area contributed by atoms with E-state index < -0.39 is 7.14 Å². The first-order valence-corrected chi connectivity index (χ1v) is 9.35. The molecule has 0 saturated heterocycles. The summed E-state index contributed by atoms with van der Waals surface area (Å²) in [6.07, 6.45) is 2.13. The van der Waals surface area contributed by atoms with Crippen LogP contribution in [0.2, 0.25) is 0 Å². The summed E-state index contributed by atoms with van der Waals surface area (Å²) in [4.78, 5) is 16.4. The number of nitrogens with zero attached hydrogens (tertiary/aromatic N) is 2. The van der Waals surface area contributed by atoms with E-state index in [1.807, 2.05) is 0 Å². The molecule has 0 atom stereocenters. The molecule has 0 aromatic carbocycles. The molecule has 7 nitrogen and oxygen atoms in total. The number of ether oxygens (including phenoxy) is 1. The third kappa shape index (κ3) is 3.61. The van der Waals surface area contributed by atoms with Gasteiger partial charge in [0.15, 0.2) is 0 Å². The summed E-state index contributed by atoms with van der Waals surface area (Å²) in [5.74, 6) is 0.546. The molecule has 20 heavy (non-hydrogen) atoms. The number of hydrogen-bond donors (Lipinski definition) is 2. The van der Waals surface area contributed by atoms with Crippen LogP contribution < -0.4 is 17.0 Å². The highest BCUT2D eigenvalue weighted by molar-refractivity contribution is 7.62. The highest BCUT2D eigenvalue weighted by Crippen LogP contribution is 2.40. The van der Waals surface area contributed by atoms with Gasteiger partial charge < -0.3 is 20.8 Å². The summed E-state index contributed by atoms with van der Waals surface area (Å²) in [6.45, 7) is 3.87. The van der Waals surface area contributed by atoms with E-state index in [0.717, 1.165) is 12.8 Å². The number of rotatable bonds is 6. The first kappa shape index (κ1) is 15.1. The minimum Gasteiger partial charge on any atom is -0.383 e. The van der Waals surface area contributed by atoms with Crippen LogP contribution in [-0.2, 0) is 15.8 Å². The molecular weight excluding hydrogens is 279 g/mol. The maximum Gasteiger partial charge on any atom is 0.260 e. The molecule has 1 aliphatic carbocycles. The highest BCUT2D eigenvalue weighted by atomic mass is 31.2. The van der Waals surface area contributed by atoms with Crippen LogP contribution in [0.5, 0.6) is 0 Å². The van der Waals surface area contributed by atoms with E-state index in [2.05, 4.69) is 4.98 Å². The second kappa shape index (κ2) is 5.58. The number of anilines is 2. The molecule has 4 N–H and O–H groups in total. The molecule has 0 amide bonds. The van der Waals surface area contributed by atoms with E-state index in [-0.39, 0.29) is 42.7 Å². The van der Waals surface area contributed by atoms with Gasteiger partial charge in [0.25, 0.3) is 5.56 Å². The van der Waals surface area contributed by atoms with Gasteiger partial charge in [-0.2, -0.15) is 4.98 Å². The Morgan fingerprint density at radius 2 is 2.05 bits per heavy atom. The molecule has 0 unspecified atom stereocenters. The van der Waals surface area contributed by atoms with E-state index in [0.29, 0.717) is 5.56 Å². The van der Waals surface area contributed by atoms with Crippen molar-refractivity contribution in [3.63, 3.8) is 0 Å². The van der Waals surface area contributed by atoms with E-state index in [4.69, 9.17) is 16.2 Å². The molecule has 2 rings (SSSR count). The van der Waals surface area contributed by atoms with Crippen LogP contribution in [0, 0.1) is 0 Å². The molecule has 1 aliphatic rings. The summed E-state index contributed by atoms with van der Waals surface area (Å²) in [7, 11) is -2.21. The van der Waals surface area contributed by atoms with Crippen LogP contribution in [0.3, 0.4) is 0 Å². The van der Waals surface area contributed by atoms with Gasteiger partial charge in [0, 0.05) is 0 Å². The molecule has 0 bridgehead atoms. The van der Waals surface area contributed by atoms with Gasteiger partial charge >= 0.3 is 0 Å². The SMILES string of the molecule is CP(C)(=O)COCCn1c(N)nc(N)c(C2CC2)c1=O. The normalized spacial score (nSPS) is 15.5. The van der Waals surface area contributed by atoms with E-state index in [1.165, 1.54) is 4.57 Å². The monoisotopic (exact) mass is 300 g/mol. The van der Waals surface area contributed by atoms with Crippen molar-refractivity contribution < 1.29 is 9.30 Å². The minimum absolute atomic E-state index is 0.0941. The zero-order valence-corrected chi connectivity index (χ0v) is 12.7. The lowest BCUT2D eigenvalue weighted by Gasteiger charge is -2.13. The van der Waals surface area contributed by atoms with Gasteiger partial charge in [-0.3, -0.25) is 9.36 Å². The first-order chi connectivity index (χ1) is 9.29. The second-order valence-corrected chi connectivity index (χ2v) is 9.02. The Hall–Kier alpha value is -1.33. The van der Waals surface area contributed by atoms with Gasteiger partial charge in [-0.15, -0.1) is 0 Å². The molecule has 1 aromatic heterocycles. The fourth-order valence-electron chi connectivity index (χ4n) is 2.02. The van der Waals surface area contributed by atoms with Gasteiger partial charge in [0.1, 0.15) is 13.0 Å². The minimum atomic E-state index is -2.21. The molecule has 1 aromatic rings. The Morgan fingerprint density at radius 3 is 2.60 bits per heavy atom. The van der Waals surface area contributed by atoms with Crippen molar-refractivity contribution in [2.24, 2.45) is 0 Å². The van der Waals surface area contributed by atoms with Gasteiger partial charge in [0.05, 0.1) is 25.1 Å². The third-order valence-corrected chi connectivity index (χ3v) is 3.91. The van der Waals surface area contributed by atoms with Crippen LogP contribution in [0.15, 0.2) is 4.79 Å². The Labute approximate surface area is 117 Å². The van der Waals surface area contributed by atoms with E-state index in [9.17, 15) is 9.36 Å². The van der Waals surface area contributed by atoms with Gasteiger partial charge in [0.2, 0.25) is 5.95 Å². The lowest BCUT2D eigenvalue weighted by Crippen LogP contribution is -2.30. The topological polar surface area (TPSA) is 113 Å². The van der Waals surface area contributed by atoms with Crippen molar-refractivity contribution in [3.05, 3.63) is 15.9 Å². The summed E-state index contributed by atoms with van der Waals surface area (Å²) in [5.41, 5.74) is 11.9. The molecule has 0 spiro atoms. The van der Waals surface area contributed by atoms with Crippen LogP contribution in [0.25, 0.3) is 0 Å². The fourth-order valence-corrected chi connectivity index (χ4v) is 2.58. The predicted octanol–water partition coefficient (Wildman–Crippen LogP) is 0.882. The number of nitrogen functional groups attached to an aromatic ring is 2. The lowest BCUT2D eigenvalue weighted by molar-refractivity contribution is 0.165. The summed E-state index contributed by atoms with van der Waals surface area (Å²) in [6, 6.07) is 0. The van der Waals surface area contributed by atoms with E-state index >= 15 is 0 Å². The standard InChI is InChI=1S/C12H21N4O3P/c1-20(2,18)7-19-6-5-16-11(17)9(8-3-4-8)10(13)15-12(16)14/h8H,3-7,13H2,1-2H3,(H2,14,15). The van der Waals surface area contributed by atoms with Gasteiger partial charge in [-0.1, -0.05) is 0 Å². The fraction of sp³-hybridized carbons (Fsp3) is 0.667. The molecule has 0 radical (unpaired) electrons. The van der Waals surface area contributed by atoms with Crippen LogP contribution in [-0.4, -0.2) is 35.8 Å². The summed E-state index contributed by atoms with van der Waals surface area (Å²) in [5, 5.41) is 0. The first-order valence-electron chi connectivity index (χ1n) is 6.57. The summed E-state index contributed by atoms with van der Waals surface area (Å²) >= 11 is 0. The third-order valence-electron chi connectivity index (χ3n) is 3.11. The van der Waals surface area contributed by atoms with Crippen LogP contribution in [0.4, 0.5) is 11.8 Å². The van der Waals surface area contributed by atoms with Crippen LogP contribution >= 0.6 is 7.14 Å². The Balaban J connectivity index is 2.10. The average Bonchev–Trinajstić information content (AvgIpc) is 3.10. The molecule has 8 heteroatoms. The summed E-state index contributed by atoms with van der Waals surface area (Å²) < 4.78 is 18.2. The Kier molecular flexibility index (Phi) is 4.20. The van der Waals surface area contributed by atoms with Gasteiger partial charge in [-0.25, -0.2) is 0 Å². The molecule has 1 fully saturated rings. The lowest BCUT2D eigenvalue weighted by atomic mass is 10.2. The number of nitrogens with two attached hydrogens (primary N) is 2. The molecule has 1 saturated carbocycles. The largest absolute Gasteiger partial charge is 0.383 e. The average molecular weight is 300 g/mol. The Morgan fingerprint density at radius 1 is 1.40 bits per heavy atom. The maximum absolute atomic E-state index is 12.3. The molecular formula is C12H21N4O3P. The van der Waals surface area contributed by atoms with Crippen molar-refractivity contribution in [2.45, 2.75) is 25.3 Å². The van der Waals surface area contributed by atoms with Gasteiger partial charge in [-0.05, 0) is 32.1 Å². The predicted molar refractivity (Wildman–Crippen MR) is 79.6 cm³/mol. The molecule has 0 aliphatic heterocycles. The highest BCUT2D eigenvalue weighted by Gasteiger charge is 2.30. The smallest absolute Gasteiger partial charge is 0.260 e. The van der Waals surface area contributed by atoms with Crippen molar-refractivity contribution in [3.8, 4) is 0 Å².